The van der Waals surface area contributed by atoms with Crippen molar-refractivity contribution in [2.45, 2.75) is 18.2 Å². The van der Waals surface area contributed by atoms with E-state index in [1.807, 2.05) is 12.3 Å². The van der Waals surface area contributed by atoms with Gasteiger partial charge in [-0.25, -0.2) is 9.37 Å². The molecule has 0 aliphatic carbocycles. The molecular weight excluding hydrogens is 283 g/mol. The summed E-state index contributed by atoms with van der Waals surface area (Å²) < 4.78 is 13.5. The van der Waals surface area contributed by atoms with Gasteiger partial charge in [-0.15, -0.1) is 24.0 Å². The molecular formula is C13H13FN2OS2. The van der Waals surface area contributed by atoms with Crippen LogP contribution in [-0.4, -0.2) is 17.4 Å². The van der Waals surface area contributed by atoms with E-state index in [9.17, 15) is 9.18 Å². The van der Waals surface area contributed by atoms with Gasteiger partial charge in [-0.2, -0.15) is 0 Å². The maximum Gasteiger partial charge on any atom is 0.254 e. The lowest BCUT2D eigenvalue weighted by Gasteiger charge is -2.05. The molecule has 1 aromatic heterocycles. The average molecular weight is 296 g/mol. The fourth-order valence-corrected chi connectivity index (χ4v) is 2.56. The summed E-state index contributed by atoms with van der Waals surface area (Å²) >= 11 is 5.65. The van der Waals surface area contributed by atoms with E-state index in [0.29, 0.717) is 17.9 Å². The summed E-state index contributed by atoms with van der Waals surface area (Å²) in [5.41, 5.74) is 0.989. The number of halogens is 1. The lowest BCUT2D eigenvalue weighted by molar-refractivity contribution is 0.0950. The second-order valence-electron chi connectivity index (χ2n) is 4.05. The van der Waals surface area contributed by atoms with E-state index >= 15 is 0 Å². The van der Waals surface area contributed by atoms with Gasteiger partial charge in [0, 0.05) is 28.9 Å². The van der Waals surface area contributed by atoms with E-state index in [1.165, 1.54) is 18.2 Å². The minimum Gasteiger partial charge on any atom is -0.352 e. The van der Waals surface area contributed by atoms with Crippen LogP contribution < -0.4 is 5.32 Å². The minimum atomic E-state index is -0.541. The van der Waals surface area contributed by atoms with Gasteiger partial charge in [0.15, 0.2) is 0 Å². The maximum atomic E-state index is 13.5. The van der Waals surface area contributed by atoms with E-state index in [-0.39, 0.29) is 5.56 Å². The third kappa shape index (κ3) is 3.78. The number of nitrogens with one attached hydrogen (secondary N) is 1. The molecule has 0 atom stereocenters. The van der Waals surface area contributed by atoms with E-state index in [0.717, 1.165) is 10.7 Å². The lowest BCUT2D eigenvalue weighted by Crippen LogP contribution is -2.26. The molecule has 0 saturated heterocycles. The van der Waals surface area contributed by atoms with Gasteiger partial charge < -0.3 is 5.32 Å². The number of hydrogen-bond donors (Lipinski definition) is 2. The summed E-state index contributed by atoms with van der Waals surface area (Å²) in [6.07, 6.45) is 0.645. The Balaban J connectivity index is 1.92. The fraction of sp³-hybridized carbons (Fsp3) is 0.231. The van der Waals surface area contributed by atoms with Gasteiger partial charge in [-0.3, -0.25) is 4.79 Å². The first-order chi connectivity index (χ1) is 9.06. The van der Waals surface area contributed by atoms with Gasteiger partial charge in [0.25, 0.3) is 5.91 Å². The number of rotatable bonds is 4. The topological polar surface area (TPSA) is 42.0 Å². The molecule has 3 nitrogen and oxygen atoms in total. The van der Waals surface area contributed by atoms with Crippen LogP contribution in [0.15, 0.2) is 28.5 Å². The van der Waals surface area contributed by atoms with Crippen LogP contribution in [0.2, 0.25) is 0 Å². The molecule has 0 spiro atoms. The SMILES string of the molecule is Cc1csc(CCNC(=O)c2cc(S)ccc2F)n1. The van der Waals surface area contributed by atoms with Crippen LogP contribution in [0.5, 0.6) is 0 Å². The zero-order valence-corrected chi connectivity index (χ0v) is 12.0. The molecule has 0 bridgehead atoms. The molecule has 6 heteroatoms. The van der Waals surface area contributed by atoms with Crippen molar-refractivity contribution in [1.82, 2.24) is 10.3 Å². The number of carbonyl (C=O) groups is 1. The molecule has 1 aromatic carbocycles. The van der Waals surface area contributed by atoms with Crippen LogP contribution in [0.4, 0.5) is 4.39 Å². The Kier molecular flexibility index (Phi) is 4.55. The van der Waals surface area contributed by atoms with Crippen LogP contribution in [0.1, 0.15) is 21.1 Å². The number of thiazole rings is 1. The highest BCUT2D eigenvalue weighted by atomic mass is 32.1. The second kappa shape index (κ2) is 6.16. The highest BCUT2D eigenvalue weighted by Gasteiger charge is 2.11. The first-order valence-corrected chi connectivity index (χ1v) is 7.06. The van der Waals surface area contributed by atoms with Crippen LogP contribution in [-0.2, 0) is 6.42 Å². The largest absolute Gasteiger partial charge is 0.352 e. The van der Waals surface area contributed by atoms with E-state index in [4.69, 9.17) is 0 Å². The Morgan fingerprint density at radius 2 is 2.32 bits per heavy atom. The molecule has 19 heavy (non-hydrogen) atoms. The summed E-state index contributed by atoms with van der Waals surface area (Å²) in [6, 6.07) is 4.16. The molecule has 2 aromatic rings. The monoisotopic (exact) mass is 296 g/mol. The van der Waals surface area contributed by atoms with Crippen LogP contribution in [0.3, 0.4) is 0 Å². The van der Waals surface area contributed by atoms with Crippen molar-refractivity contribution in [3.8, 4) is 0 Å². The molecule has 0 radical (unpaired) electrons. The van der Waals surface area contributed by atoms with Crippen molar-refractivity contribution in [3.63, 3.8) is 0 Å². The Morgan fingerprint density at radius 1 is 1.53 bits per heavy atom. The molecule has 0 unspecified atom stereocenters. The second-order valence-corrected chi connectivity index (χ2v) is 5.51. The third-order valence-corrected chi connectivity index (χ3v) is 3.79. The molecule has 0 aliphatic rings. The van der Waals surface area contributed by atoms with Gasteiger partial charge in [0.05, 0.1) is 10.6 Å². The molecule has 100 valence electrons. The molecule has 0 fully saturated rings. The van der Waals surface area contributed by atoms with E-state index in [2.05, 4.69) is 22.9 Å². The number of benzene rings is 1. The van der Waals surface area contributed by atoms with Crippen molar-refractivity contribution < 1.29 is 9.18 Å². The Morgan fingerprint density at radius 3 is 3.00 bits per heavy atom. The third-order valence-electron chi connectivity index (χ3n) is 2.49. The van der Waals surface area contributed by atoms with Gasteiger partial charge in [-0.1, -0.05) is 0 Å². The zero-order valence-electron chi connectivity index (χ0n) is 10.3. The smallest absolute Gasteiger partial charge is 0.254 e. The number of carbonyl (C=O) groups excluding carboxylic acids is 1. The van der Waals surface area contributed by atoms with E-state index in [1.54, 1.807) is 11.3 Å². The summed E-state index contributed by atoms with van der Waals surface area (Å²) in [4.78, 5) is 16.7. The zero-order chi connectivity index (χ0) is 13.8. The Bertz CT molecular complexity index is 598. The summed E-state index contributed by atoms with van der Waals surface area (Å²) in [6.45, 7) is 2.36. The van der Waals surface area contributed by atoms with Crippen LogP contribution in [0, 0.1) is 12.7 Å². The highest BCUT2D eigenvalue weighted by molar-refractivity contribution is 7.80. The van der Waals surface area contributed by atoms with Crippen LogP contribution >= 0.6 is 24.0 Å². The normalized spacial score (nSPS) is 10.5. The van der Waals surface area contributed by atoms with Crippen molar-refractivity contribution in [3.05, 3.63) is 45.7 Å². The molecule has 2 rings (SSSR count). The summed E-state index contributed by atoms with van der Waals surface area (Å²) in [7, 11) is 0. The Labute approximate surface area is 120 Å². The molecule has 1 amide bonds. The molecule has 1 N–H and O–H groups in total. The summed E-state index contributed by atoms with van der Waals surface area (Å²) in [5, 5.41) is 5.60. The number of nitrogens with zero attached hydrogens (tertiary/aromatic N) is 1. The molecule has 0 aliphatic heterocycles. The van der Waals surface area contributed by atoms with Crippen molar-refractivity contribution in [2.75, 3.05) is 6.54 Å². The quantitative estimate of drug-likeness (QED) is 0.852. The minimum absolute atomic E-state index is 0.0165. The number of hydrogen-bond acceptors (Lipinski definition) is 4. The molecule has 1 heterocycles. The number of amides is 1. The van der Waals surface area contributed by atoms with Crippen LogP contribution in [0.25, 0.3) is 0 Å². The van der Waals surface area contributed by atoms with E-state index < -0.39 is 11.7 Å². The van der Waals surface area contributed by atoms with Gasteiger partial charge in [0.2, 0.25) is 0 Å². The van der Waals surface area contributed by atoms with Gasteiger partial charge >= 0.3 is 0 Å². The fourth-order valence-electron chi connectivity index (χ4n) is 1.58. The van der Waals surface area contributed by atoms with Crippen molar-refractivity contribution in [2.24, 2.45) is 0 Å². The number of aryl methyl sites for hydroxylation is 1. The number of thiol groups is 1. The summed E-state index contributed by atoms with van der Waals surface area (Å²) in [5.74, 6) is -0.970. The van der Waals surface area contributed by atoms with Crippen molar-refractivity contribution >= 4 is 29.9 Å². The highest BCUT2D eigenvalue weighted by Crippen LogP contribution is 2.13. The predicted octanol–water partition coefficient (Wildman–Crippen LogP) is 2.85. The predicted molar refractivity (Wildman–Crippen MR) is 76.5 cm³/mol. The first-order valence-electron chi connectivity index (χ1n) is 5.74. The Hall–Kier alpha value is -1.40. The number of aromatic nitrogens is 1. The first kappa shape index (κ1) is 14.0. The van der Waals surface area contributed by atoms with Gasteiger partial charge in [0.1, 0.15) is 5.82 Å². The lowest BCUT2D eigenvalue weighted by atomic mass is 10.2. The van der Waals surface area contributed by atoms with Gasteiger partial charge in [-0.05, 0) is 25.1 Å². The standard InChI is InChI=1S/C13H13FN2OS2/c1-8-7-19-12(16-8)4-5-15-13(17)10-6-9(18)2-3-11(10)14/h2-3,6-7,18H,4-5H2,1H3,(H,15,17). The maximum absolute atomic E-state index is 13.5. The molecule has 0 saturated carbocycles. The average Bonchev–Trinajstić information content (AvgIpc) is 2.78. The van der Waals surface area contributed by atoms with Crippen molar-refractivity contribution in [1.29, 1.82) is 0 Å².